The van der Waals surface area contributed by atoms with Crippen molar-refractivity contribution in [3.8, 4) is 5.75 Å². The van der Waals surface area contributed by atoms with Gasteiger partial charge in [0.05, 0.1) is 5.69 Å². The molecule has 0 aliphatic carbocycles. The van der Waals surface area contributed by atoms with Gasteiger partial charge in [-0.2, -0.15) is 0 Å². The molecular weight excluding hydrogens is 334 g/mol. The number of hydrogen-bond donors (Lipinski definition) is 0. The fraction of sp³-hybridized carbons (Fsp3) is 0.0476. The van der Waals surface area contributed by atoms with Crippen LogP contribution in [0.5, 0.6) is 5.75 Å². The van der Waals surface area contributed by atoms with Crippen molar-refractivity contribution in [1.82, 2.24) is 4.98 Å². The lowest BCUT2D eigenvalue weighted by atomic mass is 10.1. The summed E-state index contributed by atoms with van der Waals surface area (Å²) in [6.45, 7) is 0.372. The first-order valence-electron chi connectivity index (χ1n) is 7.82. The maximum Gasteiger partial charge on any atom is 0.185 e. The first-order chi connectivity index (χ1) is 12.2. The van der Waals surface area contributed by atoms with Crippen LogP contribution in [0.2, 0.25) is 5.02 Å². The summed E-state index contributed by atoms with van der Waals surface area (Å²) in [5.74, 6) is 0.615. The zero-order chi connectivity index (χ0) is 17.5. The van der Waals surface area contributed by atoms with Gasteiger partial charge in [-0.05, 0) is 54.6 Å². The largest absolute Gasteiger partial charge is 0.487 e. The highest BCUT2D eigenvalue weighted by Crippen LogP contribution is 2.21. The molecule has 2 aromatic carbocycles. The molecule has 0 spiro atoms. The molecule has 0 aliphatic heterocycles. The summed E-state index contributed by atoms with van der Waals surface area (Å²) in [5.41, 5.74) is 2.27. The van der Waals surface area contributed by atoms with Gasteiger partial charge in [-0.15, -0.1) is 0 Å². The lowest BCUT2D eigenvalue weighted by molar-refractivity contribution is 0.104. The van der Waals surface area contributed by atoms with E-state index < -0.39 is 0 Å². The van der Waals surface area contributed by atoms with Crippen LogP contribution in [0, 0.1) is 0 Å². The number of nitrogens with zero attached hydrogens (tertiary/aromatic N) is 1. The molecule has 1 heterocycles. The second kappa shape index (κ2) is 8.27. The topological polar surface area (TPSA) is 39.2 Å². The van der Waals surface area contributed by atoms with Gasteiger partial charge in [-0.3, -0.25) is 9.78 Å². The first-order valence-corrected chi connectivity index (χ1v) is 8.20. The van der Waals surface area contributed by atoms with Crippen LogP contribution in [0.15, 0.2) is 79.0 Å². The number of benzene rings is 2. The van der Waals surface area contributed by atoms with E-state index >= 15 is 0 Å². The summed E-state index contributed by atoms with van der Waals surface area (Å²) in [5, 5.41) is 0.605. The van der Waals surface area contributed by atoms with Crippen molar-refractivity contribution in [2.24, 2.45) is 0 Å². The molecule has 0 atom stereocenters. The molecule has 0 N–H and O–H groups in total. The number of pyridine rings is 1. The smallest absolute Gasteiger partial charge is 0.185 e. The molecule has 0 saturated carbocycles. The number of ketones is 1. The molecule has 124 valence electrons. The monoisotopic (exact) mass is 349 g/mol. The predicted molar refractivity (Wildman–Crippen MR) is 99.8 cm³/mol. The van der Waals surface area contributed by atoms with E-state index in [1.807, 2.05) is 42.5 Å². The minimum Gasteiger partial charge on any atom is -0.487 e. The summed E-state index contributed by atoms with van der Waals surface area (Å²) in [6.07, 6.45) is 5.02. The quantitative estimate of drug-likeness (QED) is 0.453. The van der Waals surface area contributed by atoms with E-state index in [4.69, 9.17) is 16.3 Å². The molecule has 1 aromatic heterocycles. The molecule has 0 unspecified atom stereocenters. The molecule has 0 bridgehead atoms. The van der Waals surface area contributed by atoms with Gasteiger partial charge >= 0.3 is 0 Å². The van der Waals surface area contributed by atoms with Crippen LogP contribution in [-0.2, 0) is 6.61 Å². The maximum atomic E-state index is 12.2. The third kappa shape index (κ3) is 4.78. The van der Waals surface area contributed by atoms with Crippen LogP contribution >= 0.6 is 11.6 Å². The van der Waals surface area contributed by atoms with Gasteiger partial charge in [-0.25, -0.2) is 0 Å². The van der Waals surface area contributed by atoms with Gasteiger partial charge in [0, 0.05) is 22.3 Å². The molecule has 3 rings (SSSR count). The Hall–Kier alpha value is -2.91. The third-order valence-corrected chi connectivity index (χ3v) is 3.82. The molecule has 0 saturated heterocycles. The fourth-order valence-corrected chi connectivity index (χ4v) is 2.39. The number of hydrogen-bond acceptors (Lipinski definition) is 3. The van der Waals surface area contributed by atoms with Crippen molar-refractivity contribution < 1.29 is 9.53 Å². The molecule has 4 heteroatoms. The van der Waals surface area contributed by atoms with Gasteiger partial charge < -0.3 is 4.74 Å². The second-order valence-electron chi connectivity index (χ2n) is 5.35. The van der Waals surface area contributed by atoms with Crippen molar-refractivity contribution in [2.75, 3.05) is 0 Å². The van der Waals surface area contributed by atoms with Crippen molar-refractivity contribution in [3.63, 3.8) is 0 Å². The Bertz CT molecular complexity index is 874. The number of para-hydroxylation sites is 1. The van der Waals surface area contributed by atoms with Crippen LogP contribution in [0.1, 0.15) is 21.6 Å². The van der Waals surface area contributed by atoms with Crippen molar-refractivity contribution in [1.29, 1.82) is 0 Å². The predicted octanol–water partition coefficient (Wildman–Crippen LogP) is 5.21. The van der Waals surface area contributed by atoms with Crippen molar-refractivity contribution >= 4 is 23.5 Å². The molecule has 0 aliphatic rings. The van der Waals surface area contributed by atoms with Gasteiger partial charge in [0.1, 0.15) is 12.4 Å². The van der Waals surface area contributed by atoms with Crippen LogP contribution in [0.3, 0.4) is 0 Å². The Balaban J connectivity index is 1.72. The Morgan fingerprint density at radius 1 is 1.00 bits per heavy atom. The van der Waals surface area contributed by atoms with E-state index in [1.54, 1.807) is 36.5 Å². The zero-order valence-corrected chi connectivity index (χ0v) is 14.2. The van der Waals surface area contributed by atoms with Crippen LogP contribution in [0.4, 0.5) is 0 Å². The molecule has 25 heavy (non-hydrogen) atoms. The Kier molecular flexibility index (Phi) is 5.60. The number of halogens is 1. The number of allylic oxidation sites excluding steroid dienone is 1. The molecule has 0 radical (unpaired) electrons. The minimum absolute atomic E-state index is 0.0869. The molecular formula is C21H16ClNO2. The third-order valence-electron chi connectivity index (χ3n) is 3.56. The van der Waals surface area contributed by atoms with E-state index in [2.05, 4.69) is 4.98 Å². The number of aromatic nitrogens is 1. The normalized spacial score (nSPS) is 10.8. The molecule has 3 aromatic rings. The van der Waals surface area contributed by atoms with E-state index in [9.17, 15) is 4.79 Å². The van der Waals surface area contributed by atoms with E-state index in [0.29, 0.717) is 22.9 Å². The summed E-state index contributed by atoms with van der Waals surface area (Å²) in [6, 6.07) is 20.1. The van der Waals surface area contributed by atoms with E-state index in [0.717, 1.165) is 11.3 Å². The highest BCUT2D eigenvalue weighted by Gasteiger charge is 2.04. The average Bonchev–Trinajstić information content (AvgIpc) is 2.66. The Morgan fingerprint density at radius 2 is 1.76 bits per heavy atom. The highest BCUT2D eigenvalue weighted by atomic mass is 35.5. The van der Waals surface area contributed by atoms with Gasteiger partial charge in [0.2, 0.25) is 0 Å². The lowest BCUT2D eigenvalue weighted by Crippen LogP contribution is -1.99. The van der Waals surface area contributed by atoms with Gasteiger partial charge in [-0.1, -0.05) is 35.9 Å². The number of carbonyl (C=O) groups is 1. The maximum absolute atomic E-state index is 12.2. The number of rotatable bonds is 6. The van der Waals surface area contributed by atoms with Crippen molar-refractivity contribution in [3.05, 3.63) is 101 Å². The molecule has 3 nitrogen and oxygen atoms in total. The number of carbonyl (C=O) groups excluding carboxylic acids is 1. The van der Waals surface area contributed by atoms with Crippen LogP contribution < -0.4 is 4.74 Å². The number of ether oxygens (including phenoxy) is 1. The second-order valence-corrected chi connectivity index (χ2v) is 5.79. The lowest BCUT2D eigenvalue weighted by Gasteiger charge is -2.08. The first kappa shape index (κ1) is 16.9. The van der Waals surface area contributed by atoms with Gasteiger partial charge in [0.15, 0.2) is 5.78 Å². The van der Waals surface area contributed by atoms with Gasteiger partial charge in [0.25, 0.3) is 0 Å². The average molecular weight is 350 g/mol. The Morgan fingerprint density at radius 3 is 2.52 bits per heavy atom. The SMILES string of the molecule is O=C(/C=C\c1ccccc1OCc1ccccn1)c1ccc(Cl)cc1. The zero-order valence-electron chi connectivity index (χ0n) is 13.4. The Labute approximate surface area is 151 Å². The summed E-state index contributed by atoms with van der Waals surface area (Å²) in [7, 11) is 0. The summed E-state index contributed by atoms with van der Waals surface area (Å²) < 4.78 is 5.83. The fourth-order valence-electron chi connectivity index (χ4n) is 2.26. The standard InChI is InChI=1S/C21H16ClNO2/c22-18-11-8-16(9-12-18)20(24)13-10-17-5-1-2-7-21(17)25-15-19-6-3-4-14-23-19/h1-14H,15H2/b13-10-. The molecule has 0 amide bonds. The molecule has 0 fully saturated rings. The highest BCUT2D eigenvalue weighted by molar-refractivity contribution is 6.30. The summed E-state index contributed by atoms with van der Waals surface area (Å²) >= 11 is 5.84. The summed E-state index contributed by atoms with van der Waals surface area (Å²) in [4.78, 5) is 16.5. The van der Waals surface area contributed by atoms with E-state index in [-0.39, 0.29) is 5.78 Å². The van der Waals surface area contributed by atoms with Crippen LogP contribution in [0.25, 0.3) is 6.08 Å². The van der Waals surface area contributed by atoms with E-state index in [1.165, 1.54) is 6.08 Å². The van der Waals surface area contributed by atoms with Crippen molar-refractivity contribution in [2.45, 2.75) is 6.61 Å². The minimum atomic E-state index is -0.0869. The van der Waals surface area contributed by atoms with Crippen LogP contribution in [-0.4, -0.2) is 10.8 Å².